The maximum absolute atomic E-state index is 12.6. The smallest absolute Gasteiger partial charge is 0.261 e. The summed E-state index contributed by atoms with van der Waals surface area (Å²) in [5.41, 5.74) is 8.77. The number of rotatable bonds is 5. The summed E-state index contributed by atoms with van der Waals surface area (Å²) >= 11 is 0. The Morgan fingerprint density at radius 3 is 2.77 bits per heavy atom. The quantitative estimate of drug-likeness (QED) is 0.502. The van der Waals surface area contributed by atoms with Crippen LogP contribution in [0.1, 0.15) is 57.1 Å². The van der Waals surface area contributed by atoms with Crippen LogP contribution in [0, 0.1) is 0 Å². The van der Waals surface area contributed by atoms with Gasteiger partial charge in [0.1, 0.15) is 22.4 Å². The number of aromatic nitrogens is 1. The molecule has 7 nitrogen and oxygen atoms in total. The fourth-order valence-corrected chi connectivity index (χ4v) is 5.60. The van der Waals surface area contributed by atoms with E-state index < -0.39 is 11.0 Å². The molecular formula is C22H29N5O2S. The van der Waals surface area contributed by atoms with E-state index >= 15 is 0 Å². The van der Waals surface area contributed by atoms with Gasteiger partial charge in [0.25, 0.3) is 5.56 Å². The Bertz CT molecular complexity index is 1040. The van der Waals surface area contributed by atoms with E-state index in [-0.39, 0.29) is 17.4 Å². The van der Waals surface area contributed by atoms with Crippen LogP contribution in [0.4, 0.5) is 11.4 Å². The Morgan fingerprint density at radius 2 is 2.03 bits per heavy atom. The van der Waals surface area contributed by atoms with E-state index in [1.807, 2.05) is 36.4 Å². The van der Waals surface area contributed by atoms with Crippen LogP contribution < -0.4 is 16.6 Å². The fraction of sp³-hybridized carbons (Fsp3) is 0.455. The van der Waals surface area contributed by atoms with Crippen molar-refractivity contribution in [1.29, 1.82) is 0 Å². The third-order valence-electron chi connectivity index (χ3n) is 5.78. The van der Waals surface area contributed by atoms with Crippen LogP contribution >= 0.6 is 0 Å². The monoisotopic (exact) mass is 427 g/mol. The number of H-pyrrole nitrogens is 1. The van der Waals surface area contributed by atoms with Gasteiger partial charge in [-0.15, -0.1) is 0 Å². The van der Waals surface area contributed by atoms with Crippen molar-refractivity contribution >= 4 is 28.2 Å². The first-order valence-corrected chi connectivity index (χ1v) is 11.7. The third kappa shape index (κ3) is 4.20. The number of benzene rings is 1. The zero-order chi connectivity index (χ0) is 21.3. The first kappa shape index (κ1) is 20.8. The lowest BCUT2D eigenvalue weighted by Crippen LogP contribution is -2.29. The Balaban J connectivity index is 1.63. The number of aromatic amines is 1. The average molecular weight is 428 g/mol. The SMILES string of the molecule is CC(C)N1Cc2cc(N=C(N)c3c(NC4CCCCC4)cc[nH]c3=O)ccc2S1=O. The van der Waals surface area contributed by atoms with Gasteiger partial charge in [0.15, 0.2) is 0 Å². The number of aliphatic imine (C=N–C) groups is 1. The molecule has 0 spiro atoms. The van der Waals surface area contributed by atoms with Crippen LogP contribution in [0.25, 0.3) is 0 Å². The summed E-state index contributed by atoms with van der Waals surface area (Å²) in [6.07, 6.45) is 7.49. The number of nitrogens with one attached hydrogen (secondary N) is 2. The van der Waals surface area contributed by atoms with Crippen molar-refractivity contribution in [1.82, 2.24) is 9.29 Å². The van der Waals surface area contributed by atoms with Crippen molar-refractivity contribution in [3.63, 3.8) is 0 Å². The van der Waals surface area contributed by atoms with Crippen molar-refractivity contribution in [3.05, 3.63) is 51.9 Å². The minimum atomic E-state index is -1.15. The summed E-state index contributed by atoms with van der Waals surface area (Å²) in [5.74, 6) is 0.176. The minimum absolute atomic E-state index is 0.176. The molecule has 1 aromatic carbocycles. The molecule has 0 saturated heterocycles. The number of amidine groups is 1. The molecule has 8 heteroatoms. The van der Waals surface area contributed by atoms with Gasteiger partial charge in [-0.25, -0.2) is 13.5 Å². The molecule has 1 aliphatic carbocycles. The van der Waals surface area contributed by atoms with Crippen LogP contribution in [0.15, 0.2) is 45.1 Å². The zero-order valence-electron chi connectivity index (χ0n) is 17.5. The molecule has 30 heavy (non-hydrogen) atoms. The molecule has 160 valence electrons. The highest BCUT2D eigenvalue weighted by Crippen LogP contribution is 2.32. The Morgan fingerprint density at radius 1 is 1.27 bits per heavy atom. The highest BCUT2D eigenvalue weighted by molar-refractivity contribution is 7.83. The van der Waals surface area contributed by atoms with Crippen molar-refractivity contribution in [3.8, 4) is 0 Å². The number of nitrogens with zero attached hydrogens (tertiary/aromatic N) is 2. The molecule has 0 bridgehead atoms. The second kappa shape index (κ2) is 8.73. The summed E-state index contributed by atoms with van der Waals surface area (Å²) in [6, 6.07) is 7.94. The van der Waals surface area contributed by atoms with Gasteiger partial charge in [0.2, 0.25) is 0 Å². The molecule has 1 aromatic heterocycles. The van der Waals surface area contributed by atoms with Crippen molar-refractivity contribution < 1.29 is 4.21 Å². The molecular weight excluding hydrogens is 398 g/mol. The Labute approximate surface area is 179 Å². The molecule has 2 aliphatic rings. The van der Waals surface area contributed by atoms with E-state index in [0.717, 1.165) is 29.0 Å². The molecule has 0 amide bonds. The molecule has 1 fully saturated rings. The maximum atomic E-state index is 12.6. The van der Waals surface area contributed by atoms with Crippen LogP contribution in [0.2, 0.25) is 0 Å². The molecule has 1 atom stereocenters. The third-order valence-corrected chi connectivity index (χ3v) is 7.53. The molecule has 2 heterocycles. The number of hydrogen-bond acceptors (Lipinski definition) is 4. The van der Waals surface area contributed by atoms with Crippen LogP contribution in [0.3, 0.4) is 0 Å². The lowest BCUT2D eigenvalue weighted by Gasteiger charge is -2.24. The molecule has 0 radical (unpaired) electrons. The van der Waals surface area contributed by atoms with E-state index in [2.05, 4.69) is 15.3 Å². The number of anilines is 1. The highest BCUT2D eigenvalue weighted by atomic mass is 32.2. The predicted octanol–water partition coefficient (Wildman–Crippen LogP) is 3.40. The summed E-state index contributed by atoms with van der Waals surface area (Å²) < 4.78 is 14.5. The topological polar surface area (TPSA) is 104 Å². The number of fused-ring (bicyclic) bond motifs is 1. The number of nitrogens with two attached hydrogens (primary N) is 1. The largest absolute Gasteiger partial charge is 0.383 e. The second-order valence-corrected chi connectivity index (χ2v) is 9.69. The van der Waals surface area contributed by atoms with Crippen molar-refractivity contribution in [2.24, 2.45) is 10.7 Å². The molecule has 4 rings (SSSR count). The molecule has 1 aliphatic heterocycles. The standard InChI is InChI=1S/C22H29N5O2S/c1-14(2)27-13-15-12-17(8-9-19(15)30(27)29)26-21(23)20-18(10-11-24-22(20)28)25-16-6-4-3-5-7-16/h8-12,14,16H,3-7,13H2,1-2H3,(H2,23,26)(H2,24,25,28). The maximum Gasteiger partial charge on any atom is 0.261 e. The molecule has 1 unspecified atom stereocenters. The lowest BCUT2D eigenvalue weighted by molar-refractivity contribution is 0.384. The van der Waals surface area contributed by atoms with Crippen LogP contribution in [-0.2, 0) is 17.5 Å². The summed E-state index contributed by atoms with van der Waals surface area (Å²) in [5, 5.41) is 3.49. The molecule has 4 N–H and O–H groups in total. The van der Waals surface area contributed by atoms with Gasteiger partial charge in [0, 0.05) is 24.8 Å². The van der Waals surface area contributed by atoms with Gasteiger partial charge in [-0.2, -0.15) is 0 Å². The predicted molar refractivity (Wildman–Crippen MR) is 121 cm³/mol. The van der Waals surface area contributed by atoms with Gasteiger partial charge in [0.05, 0.1) is 16.3 Å². The van der Waals surface area contributed by atoms with Gasteiger partial charge in [-0.3, -0.25) is 4.79 Å². The van der Waals surface area contributed by atoms with Gasteiger partial charge in [-0.1, -0.05) is 19.3 Å². The number of pyridine rings is 1. The lowest BCUT2D eigenvalue weighted by atomic mass is 9.95. The Kier molecular flexibility index (Phi) is 6.06. The van der Waals surface area contributed by atoms with Crippen LogP contribution in [-0.4, -0.2) is 31.4 Å². The van der Waals surface area contributed by atoms with E-state index in [0.29, 0.717) is 23.8 Å². The molecule has 1 saturated carbocycles. The van der Waals surface area contributed by atoms with Crippen molar-refractivity contribution in [2.45, 2.75) is 69.5 Å². The normalized spacial score (nSPS) is 20.5. The first-order valence-electron chi connectivity index (χ1n) is 10.6. The zero-order valence-corrected chi connectivity index (χ0v) is 18.3. The highest BCUT2D eigenvalue weighted by Gasteiger charge is 2.29. The van der Waals surface area contributed by atoms with Gasteiger partial charge in [-0.05, 0) is 56.5 Å². The summed E-state index contributed by atoms with van der Waals surface area (Å²) in [4.78, 5) is 20.6. The number of hydrogen-bond donors (Lipinski definition) is 3. The van der Waals surface area contributed by atoms with E-state index in [4.69, 9.17) is 5.73 Å². The first-order chi connectivity index (χ1) is 14.4. The van der Waals surface area contributed by atoms with Crippen LogP contribution in [0.5, 0.6) is 0 Å². The molecule has 2 aromatic rings. The van der Waals surface area contributed by atoms with E-state index in [1.54, 1.807) is 12.3 Å². The minimum Gasteiger partial charge on any atom is -0.383 e. The summed E-state index contributed by atoms with van der Waals surface area (Å²) in [7, 11) is -1.15. The van der Waals surface area contributed by atoms with E-state index in [9.17, 15) is 9.00 Å². The van der Waals surface area contributed by atoms with Gasteiger partial charge >= 0.3 is 0 Å². The Hall–Kier alpha value is -2.45. The van der Waals surface area contributed by atoms with Crippen molar-refractivity contribution in [2.75, 3.05) is 5.32 Å². The second-order valence-electron chi connectivity index (χ2n) is 8.28. The fourth-order valence-electron chi connectivity index (χ4n) is 4.17. The van der Waals surface area contributed by atoms with E-state index in [1.165, 1.54) is 19.3 Å². The van der Waals surface area contributed by atoms with Gasteiger partial charge < -0.3 is 16.0 Å². The average Bonchev–Trinajstić information content (AvgIpc) is 3.05. The summed E-state index contributed by atoms with van der Waals surface area (Å²) in [6.45, 7) is 4.68.